The molecule has 2 aromatic rings. The van der Waals surface area contributed by atoms with E-state index in [1.807, 2.05) is 37.3 Å². The van der Waals surface area contributed by atoms with Crippen LogP contribution in [-0.2, 0) is 0 Å². The Morgan fingerprint density at radius 1 is 1.10 bits per heavy atom. The van der Waals surface area contributed by atoms with Crippen molar-refractivity contribution >= 4 is 15.9 Å². The largest absolute Gasteiger partial charge is 0.493 e. The molecule has 3 nitrogen and oxygen atoms in total. The second kappa shape index (κ2) is 7.70. The van der Waals surface area contributed by atoms with E-state index < -0.39 is 0 Å². The van der Waals surface area contributed by atoms with Crippen LogP contribution in [0.3, 0.4) is 0 Å². The van der Waals surface area contributed by atoms with Gasteiger partial charge in [0.1, 0.15) is 11.5 Å². The number of benzene rings is 2. The molecule has 0 N–H and O–H groups in total. The molecule has 108 valence electrons. The molecule has 0 saturated heterocycles. The van der Waals surface area contributed by atoms with Crippen LogP contribution in [0.4, 0.5) is 0 Å². The van der Waals surface area contributed by atoms with Gasteiger partial charge in [0.05, 0.1) is 24.8 Å². The van der Waals surface area contributed by atoms with Gasteiger partial charge < -0.3 is 9.47 Å². The first kappa shape index (κ1) is 15.4. The third kappa shape index (κ3) is 4.80. The SMILES string of the molecule is Cc1ccc(Br)cc1OCCCOc1cccc(C#N)c1. The minimum absolute atomic E-state index is 0.557. The molecule has 0 heterocycles. The van der Waals surface area contributed by atoms with Crippen molar-refractivity contribution in [3.05, 3.63) is 58.1 Å². The van der Waals surface area contributed by atoms with E-state index >= 15 is 0 Å². The van der Waals surface area contributed by atoms with Crippen LogP contribution >= 0.6 is 15.9 Å². The van der Waals surface area contributed by atoms with Crippen molar-refractivity contribution in [2.45, 2.75) is 13.3 Å². The Morgan fingerprint density at radius 3 is 2.71 bits per heavy atom. The number of hydrogen-bond donors (Lipinski definition) is 0. The van der Waals surface area contributed by atoms with Gasteiger partial charge in [0.15, 0.2) is 0 Å². The molecule has 0 aliphatic rings. The Hall–Kier alpha value is -1.99. The van der Waals surface area contributed by atoms with Crippen LogP contribution in [0.15, 0.2) is 46.9 Å². The summed E-state index contributed by atoms with van der Waals surface area (Å²) in [6, 6.07) is 15.2. The van der Waals surface area contributed by atoms with Crippen LogP contribution in [0.5, 0.6) is 11.5 Å². The molecule has 0 amide bonds. The normalized spacial score (nSPS) is 9.95. The van der Waals surface area contributed by atoms with Crippen molar-refractivity contribution < 1.29 is 9.47 Å². The van der Waals surface area contributed by atoms with Gasteiger partial charge in [-0.1, -0.05) is 28.1 Å². The zero-order valence-corrected chi connectivity index (χ0v) is 13.4. The van der Waals surface area contributed by atoms with Gasteiger partial charge in [-0.25, -0.2) is 0 Å². The maximum absolute atomic E-state index is 8.82. The zero-order valence-electron chi connectivity index (χ0n) is 11.8. The number of aryl methyl sites for hydroxylation is 1. The van der Waals surface area contributed by atoms with Crippen LogP contribution in [0.25, 0.3) is 0 Å². The van der Waals surface area contributed by atoms with Gasteiger partial charge in [-0.2, -0.15) is 5.26 Å². The van der Waals surface area contributed by atoms with E-state index in [4.69, 9.17) is 14.7 Å². The minimum Gasteiger partial charge on any atom is -0.493 e. The molecular formula is C17H16BrNO2. The van der Waals surface area contributed by atoms with Crippen LogP contribution in [0.2, 0.25) is 0 Å². The summed E-state index contributed by atoms with van der Waals surface area (Å²) in [6.45, 7) is 3.17. The topological polar surface area (TPSA) is 42.2 Å². The summed E-state index contributed by atoms with van der Waals surface area (Å²) in [4.78, 5) is 0. The lowest BCUT2D eigenvalue weighted by molar-refractivity contribution is 0.246. The highest BCUT2D eigenvalue weighted by Gasteiger charge is 2.01. The molecule has 0 radical (unpaired) electrons. The standard InChI is InChI=1S/C17H16BrNO2/c1-13-6-7-15(18)11-17(13)21-9-3-8-20-16-5-2-4-14(10-16)12-19/h2,4-7,10-11H,3,8-9H2,1H3. The second-order valence-corrected chi connectivity index (χ2v) is 5.52. The molecule has 0 bridgehead atoms. The smallest absolute Gasteiger partial charge is 0.123 e. The fraction of sp³-hybridized carbons (Fsp3) is 0.235. The van der Waals surface area contributed by atoms with Gasteiger partial charge in [0, 0.05) is 10.9 Å². The molecule has 0 unspecified atom stereocenters. The van der Waals surface area contributed by atoms with Crippen molar-refractivity contribution in [1.29, 1.82) is 5.26 Å². The average molecular weight is 346 g/mol. The first-order chi connectivity index (χ1) is 10.2. The van der Waals surface area contributed by atoms with E-state index in [2.05, 4.69) is 22.0 Å². The third-order valence-electron chi connectivity index (χ3n) is 2.93. The average Bonchev–Trinajstić information content (AvgIpc) is 2.50. The van der Waals surface area contributed by atoms with E-state index in [1.54, 1.807) is 12.1 Å². The number of halogens is 1. The first-order valence-electron chi connectivity index (χ1n) is 6.71. The molecule has 2 aromatic carbocycles. The molecule has 0 saturated carbocycles. The molecular weight excluding hydrogens is 330 g/mol. The highest BCUT2D eigenvalue weighted by molar-refractivity contribution is 9.10. The van der Waals surface area contributed by atoms with Crippen molar-refractivity contribution in [3.63, 3.8) is 0 Å². The fourth-order valence-corrected chi connectivity index (χ4v) is 2.16. The molecule has 21 heavy (non-hydrogen) atoms. The van der Waals surface area contributed by atoms with Gasteiger partial charge in [0.25, 0.3) is 0 Å². The number of ether oxygens (including phenoxy) is 2. The van der Waals surface area contributed by atoms with Gasteiger partial charge >= 0.3 is 0 Å². The predicted octanol–water partition coefficient (Wildman–Crippen LogP) is 4.48. The number of nitrogens with zero attached hydrogens (tertiary/aromatic N) is 1. The van der Waals surface area contributed by atoms with Crippen LogP contribution < -0.4 is 9.47 Å². The van der Waals surface area contributed by atoms with E-state index in [0.717, 1.165) is 22.2 Å². The highest BCUT2D eigenvalue weighted by atomic mass is 79.9. The van der Waals surface area contributed by atoms with Crippen molar-refractivity contribution in [3.8, 4) is 17.6 Å². The molecule has 0 aromatic heterocycles. The predicted molar refractivity (Wildman–Crippen MR) is 85.6 cm³/mol. The Labute approximate surface area is 133 Å². The van der Waals surface area contributed by atoms with Crippen molar-refractivity contribution in [2.75, 3.05) is 13.2 Å². The lowest BCUT2D eigenvalue weighted by Gasteiger charge is -2.10. The lowest BCUT2D eigenvalue weighted by atomic mass is 10.2. The summed E-state index contributed by atoms with van der Waals surface area (Å²) in [5.74, 6) is 1.60. The number of rotatable bonds is 6. The molecule has 0 aliphatic carbocycles. The highest BCUT2D eigenvalue weighted by Crippen LogP contribution is 2.23. The Bertz CT molecular complexity index is 649. The van der Waals surface area contributed by atoms with Crippen molar-refractivity contribution in [2.24, 2.45) is 0 Å². The summed E-state index contributed by atoms with van der Waals surface area (Å²) in [5, 5.41) is 8.82. The first-order valence-corrected chi connectivity index (χ1v) is 7.50. The van der Waals surface area contributed by atoms with Gasteiger partial charge in [-0.3, -0.25) is 0 Å². The maximum atomic E-state index is 8.82. The summed E-state index contributed by atoms with van der Waals surface area (Å²) in [5.41, 5.74) is 1.72. The van der Waals surface area contributed by atoms with E-state index in [0.29, 0.717) is 24.5 Å². The molecule has 2 rings (SSSR count). The molecule has 0 fully saturated rings. The van der Waals surface area contributed by atoms with E-state index in [1.165, 1.54) is 0 Å². The quantitative estimate of drug-likeness (QED) is 0.725. The van der Waals surface area contributed by atoms with Crippen LogP contribution in [0.1, 0.15) is 17.5 Å². The van der Waals surface area contributed by atoms with Gasteiger partial charge in [0.2, 0.25) is 0 Å². The zero-order chi connectivity index (χ0) is 15.1. The lowest BCUT2D eigenvalue weighted by Crippen LogP contribution is -2.05. The van der Waals surface area contributed by atoms with Crippen LogP contribution in [0, 0.1) is 18.3 Å². The monoisotopic (exact) mass is 345 g/mol. The fourth-order valence-electron chi connectivity index (χ4n) is 1.82. The molecule has 0 spiro atoms. The van der Waals surface area contributed by atoms with E-state index in [-0.39, 0.29) is 0 Å². The van der Waals surface area contributed by atoms with E-state index in [9.17, 15) is 0 Å². The minimum atomic E-state index is 0.557. The summed E-state index contributed by atoms with van der Waals surface area (Å²) < 4.78 is 12.3. The van der Waals surface area contributed by atoms with Crippen molar-refractivity contribution in [1.82, 2.24) is 0 Å². The third-order valence-corrected chi connectivity index (χ3v) is 3.42. The Kier molecular flexibility index (Phi) is 5.65. The second-order valence-electron chi connectivity index (χ2n) is 4.60. The van der Waals surface area contributed by atoms with Gasteiger partial charge in [-0.05, 0) is 42.8 Å². The summed E-state index contributed by atoms with van der Waals surface area (Å²) in [7, 11) is 0. The van der Waals surface area contributed by atoms with Crippen LogP contribution in [-0.4, -0.2) is 13.2 Å². The number of hydrogen-bond acceptors (Lipinski definition) is 3. The summed E-state index contributed by atoms with van der Waals surface area (Å²) in [6.07, 6.45) is 0.780. The Morgan fingerprint density at radius 2 is 1.90 bits per heavy atom. The molecule has 4 heteroatoms. The molecule has 0 atom stereocenters. The Balaban J connectivity index is 1.75. The summed E-state index contributed by atoms with van der Waals surface area (Å²) >= 11 is 3.43. The van der Waals surface area contributed by atoms with Gasteiger partial charge in [-0.15, -0.1) is 0 Å². The maximum Gasteiger partial charge on any atom is 0.123 e. The number of nitriles is 1. The molecule has 0 aliphatic heterocycles.